The molecule has 3 fully saturated rings. The summed E-state index contributed by atoms with van der Waals surface area (Å²) < 4.78 is 38.7. The molecule has 13 heteroatoms. The summed E-state index contributed by atoms with van der Waals surface area (Å²) in [4.78, 5) is 28.0. The molecule has 0 spiro atoms. The second-order valence-corrected chi connectivity index (χ2v) is 18.2. The van der Waals surface area contributed by atoms with Crippen LogP contribution in [-0.4, -0.2) is 83.1 Å². The third-order valence-electron chi connectivity index (χ3n) is 13.8. The fourth-order valence-electron chi connectivity index (χ4n) is 10.6. The maximum absolute atomic E-state index is 15.0. The number of aromatic nitrogens is 1. The number of unbranched alkanes of at least 4 members (excludes halogenated alkanes) is 2. The Labute approximate surface area is 376 Å². The highest BCUT2D eigenvalue weighted by atomic mass is 16.8. The second kappa shape index (κ2) is 20.1. The maximum atomic E-state index is 15.0. The minimum atomic E-state index is -1.38. The summed E-state index contributed by atoms with van der Waals surface area (Å²) in [6.45, 7) is 7.81. The molecular formula is C51H63N3O10. The third kappa shape index (κ3) is 9.40. The topological polar surface area (TPSA) is 151 Å². The summed E-state index contributed by atoms with van der Waals surface area (Å²) >= 11 is 0. The van der Waals surface area contributed by atoms with E-state index in [2.05, 4.69) is 23.7 Å². The Bertz CT molecular complexity index is 2180. The SMILES string of the molecule is C=CCOC12Oc3ccc(OCc4cccc(C)n4)cc3C3C(CCCCO)C(CCCCO)C=C(C(=NOC4CCCCO4)CC1N(Cc1ccc4c(c1)OCO4)C(=O)C1CC1)C32. The first kappa shape index (κ1) is 44.3. The van der Waals surface area contributed by atoms with Crippen molar-refractivity contribution in [3.05, 3.63) is 101 Å². The van der Waals surface area contributed by atoms with Gasteiger partial charge in [-0.3, -0.25) is 9.78 Å². The Hall–Kier alpha value is -4.95. The number of allylic oxidation sites excluding steroid dienone is 1. The van der Waals surface area contributed by atoms with E-state index in [1.807, 2.05) is 60.4 Å². The van der Waals surface area contributed by atoms with Crippen LogP contribution in [0.25, 0.3) is 0 Å². The minimum absolute atomic E-state index is 0.0456. The van der Waals surface area contributed by atoms with Crippen molar-refractivity contribution in [1.82, 2.24) is 9.88 Å². The predicted molar refractivity (Wildman–Crippen MR) is 239 cm³/mol. The summed E-state index contributed by atoms with van der Waals surface area (Å²) in [5.41, 5.74) is 5.38. The first-order chi connectivity index (χ1) is 31.4. The first-order valence-corrected chi connectivity index (χ1v) is 23.5. The first-order valence-electron chi connectivity index (χ1n) is 23.5. The van der Waals surface area contributed by atoms with E-state index in [9.17, 15) is 15.0 Å². The molecule has 6 aliphatic rings. The zero-order valence-corrected chi connectivity index (χ0v) is 37.0. The van der Waals surface area contributed by atoms with Crippen LogP contribution >= 0.6 is 0 Å². The van der Waals surface area contributed by atoms with Crippen molar-refractivity contribution < 1.29 is 48.3 Å². The van der Waals surface area contributed by atoms with Crippen LogP contribution in [0.15, 0.2) is 84.1 Å². The molecule has 7 atom stereocenters. The van der Waals surface area contributed by atoms with Crippen molar-refractivity contribution in [2.45, 2.75) is 121 Å². The number of carbonyl (C=O) groups excluding carboxylic acids is 1. The van der Waals surface area contributed by atoms with E-state index in [4.69, 9.17) is 38.4 Å². The summed E-state index contributed by atoms with van der Waals surface area (Å²) in [6.07, 6.45) is 13.0. The Morgan fingerprint density at radius 2 is 1.81 bits per heavy atom. The van der Waals surface area contributed by atoms with Gasteiger partial charge in [0, 0.05) is 55.7 Å². The minimum Gasteiger partial charge on any atom is -0.487 e. The molecule has 9 rings (SSSR count). The number of ether oxygens (including phenoxy) is 6. The van der Waals surface area contributed by atoms with Crippen molar-refractivity contribution in [2.24, 2.45) is 28.8 Å². The van der Waals surface area contributed by atoms with Crippen LogP contribution in [0.2, 0.25) is 0 Å². The molecular weight excluding hydrogens is 815 g/mol. The fraction of sp³-hybridized carbons (Fsp3) is 0.549. The monoisotopic (exact) mass is 877 g/mol. The van der Waals surface area contributed by atoms with Crippen LogP contribution in [0, 0.1) is 30.6 Å². The molecule has 2 N–H and O–H groups in total. The van der Waals surface area contributed by atoms with Crippen LogP contribution in [0.3, 0.4) is 0 Å². The average molecular weight is 878 g/mol. The van der Waals surface area contributed by atoms with E-state index in [0.29, 0.717) is 55.5 Å². The lowest BCUT2D eigenvalue weighted by Crippen LogP contribution is -2.70. The predicted octanol–water partition coefficient (Wildman–Crippen LogP) is 8.30. The fourth-order valence-corrected chi connectivity index (χ4v) is 10.6. The summed E-state index contributed by atoms with van der Waals surface area (Å²) in [7, 11) is 0. The van der Waals surface area contributed by atoms with Gasteiger partial charge in [0.15, 0.2) is 11.5 Å². The quantitative estimate of drug-likeness (QED) is 0.0641. The molecule has 64 heavy (non-hydrogen) atoms. The number of amides is 1. The number of nitrogens with zero attached hydrogens (tertiary/aromatic N) is 3. The van der Waals surface area contributed by atoms with Crippen molar-refractivity contribution in [2.75, 3.05) is 33.2 Å². The normalized spacial score (nSPS) is 27.2. The van der Waals surface area contributed by atoms with Crippen molar-refractivity contribution in [3.8, 4) is 23.0 Å². The number of hydrogen-bond donors (Lipinski definition) is 2. The van der Waals surface area contributed by atoms with E-state index in [1.165, 1.54) is 0 Å². The van der Waals surface area contributed by atoms with Gasteiger partial charge in [-0.25, -0.2) is 0 Å². The van der Waals surface area contributed by atoms with E-state index in [1.54, 1.807) is 6.08 Å². The number of carbonyl (C=O) groups is 1. The lowest BCUT2D eigenvalue weighted by atomic mass is 9.55. The zero-order chi connectivity index (χ0) is 44.0. The van der Waals surface area contributed by atoms with Gasteiger partial charge in [0.25, 0.3) is 0 Å². The number of rotatable bonds is 20. The van der Waals surface area contributed by atoms with Gasteiger partial charge < -0.3 is 48.4 Å². The van der Waals surface area contributed by atoms with Gasteiger partial charge >= 0.3 is 0 Å². The van der Waals surface area contributed by atoms with Gasteiger partial charge in [-0.15, -0.1) is 6.58 Å². The Balaban J connectivity index is 1.21. The number of aryl methyl sites for hydroxylation is 1. The number of oxime groups is 1. The largest absolute Gasteiger partial charge is 0.487 e. The molecule has 1 amide bonds. The molecule has 342 valence electrons. The summed E-state index contributed by atoms with van der Waals surface area (Å²) in [5.74, 6) is 0.788. The standard InChI is InChI=1S/C51H63N3O10/c1-3-24-62-51-46(54(50(57)35-17-18-35)30-34-16-20-44-45(26-34)61-32-60-44)29-42(53-64-47-15-6-9-25-58-47)40-27-36(12-4-7-22-55)39(14-5-8-23-56)48(49(40)51)41-28-38(19-21-43(41)63-51)59-31-37-13-10-11-33(2)52-37/h3,10-11,13,16,19-21,26-28,35-36,39,46-49,55-56H,1,4-9,12,14-15,17-18,22-25,29-32H2,2H3. The number of aliphatic hydroxyl groups is 2. The van der Waals surface area contributed by atoms with Crippen molar-refractivity contribution in [1.29, 1.82) is 0 Å². The Morgan fingerprint density at radius 3 is 2.59 bits per heavy atom. The molecule has 1 aromatic heterocycles. The van der Waals surface area contributed by atoms with E-state index in [-0.39, 0.29) is 62.7 Å². The van der Waals surface area contributed by atoms with Gasteiger partial charge in [-0.1, -0.05) is 42.3 Å². The van der Waals surface area contributed by atoms with E-state index < -0.39 is 24.0 Å². The smallest absolute Gasteiger partial charge is 0.239 e. The average Bonchev–Trinajstić information content (AvgIpc) is 4.07. The summed E-state index contributed by atoms with van der Waals surface area (Å²) in [5, 5.41) is 25.0. The molecule has 3 aromatic rings. The Morgan fingerprint density at radius 1 is 0.984 bits per heavy atom. The van der Waals surface area contributed by atoms with Crippen LogP contribution in [0.5, 0.6) is 23.0 Å². The number of benzene rings is 2. The number of pyridine rings is 1. The lowest BCUT2D eigenvalue weighted by Gasteiger charge is -2.60. The van der Waals surface area contributed by atoms with E-state index >= 15 is 0 Å². The zero-order valence-electron chi connectivity index (χ0n) is 37.0. The lowest BCUT2D eigenvalue weighted by molar-refractivity contribution is -0.258. The number of hydrogen-bond acceptors (Lipinski definition) is 12. The van der Waals surface area contributed by atoms with Crippen LogP contribution in [0.1, 0.15) is 105 Å². The molecule has 1 saturated heterocycles. The van der Waals surface area contributed by atoms with Crippen molar-refractivity contribution in [3.63, 3.8) is 0 Å². The number of aliphatic hydroxyl groups excluding tert-OH is 2. The third-order valence-corrected chi connectivity index (χ3v) is 13.8. The van der Waals surface area contributed by atoms with Gasteiger partial charge in [-0.2, -0.15) is 0 Å². The second-order valence-electron chi connectivity index (χ2n) is 18.2. The van der Waals surface area contributed by atoms with Gasteiger partial charge in [0.2, 0.25) is 24.8 Å². The molecule has 0 bridgehead atoms. The molecule has 3 aliphatic heterocycles. The van der Waals surface area contributed by atoms with Gasteiger partial charge in [0.05, 0.1) is 30.5 Å². The van der Waals surface area contributed by atoms with Crippen LogP contribution < -0.4 is 18.9 Å². The van der Waals surface area contributed by atoms with Gasteiger partial charge in [0.1, 0.15) is 24.1 Å². The summed E-state index contributed by atoms with van der Waals surface area (Å²) in [6, 6.07) is 17.2. The maximum Gasteiger partial charge on any atom is 0.239 e. The van der Waals surface area contributed by atoms with E-state index in [0.717, 1.165) is 91.6 Å². The van der Waals surface area contributed by atoms with Crippen LogP contribution in [-0.2, 0) is 32.3 Å². The van der Waals surface area contributed by atoms with Gasteiger partial charge in [-0.05, 0) is 124 Å². The molecule has 2 aromatic carbocycles. The molecule has 2 saturated carbocycles. The Kier molecular flexibility index (Phi) is 13.9. The number of fused-ring (bicyclic) bond motifs is 3. The highest BCUT2D eigenvalue weighted by molar-refractivity contribution is 6.03. The molecule has 4 heterocycles. The highest BCUT2D eigenvalue weighted by Gasteiger charge is 2.66. The molecule has 13 nitrogen and oxygen atoms in total. The van der Waals surface area contributed by atoms with Crippen LogP contribution in [0.4, 0.5) is 0 Å². The highest BCUT2D eigenvalue weighted by Crippen LogP contribution is 2.62. The van der Waals surface area contributed by atoms with Crippen molar-refractivity contribution >= 4 is 11.6 Å². The molecule has 3 aliphatic carbocycles. The molecule has 0 radical (unpaired) electrons. The molecule has 7 unspecified atom stereocenters.